The Balaban J connectivity index is 2.42. The van der Waals surface area contributed by atoms with Gasteiger partial charge in [-0.2, -0.15) is 0 Å². The lowest BCUT2D eigenvalue weighted by Gasteiger charge is -2.25. The molecule has 0 radical (unpaired) electrons. The maximum absolute atomic E-state index is 6.06. The Morgan fingerprint density at radius 3 is 2.71 bits per heavy atom. The van der Waals surface area contributed by atoms with E-state index in [0.717, 1.165) is 6.54 Å². The predicted octanol–water partition coefficient (Wildman–Crippen LogP) is 1.37. The van der Waals surface area contributed by atoms with Crippen LogP contribution in [0.4, 0.5) is 11.4 Å². The van der Waals surface area contributed by atoms with Crippen LogP contribution in [0.2, 0.25) is 0 Å². The van der Waals surface area contributed by atoms with E-state index in [4.69, 9.17) is 5.73 Å². The molecule has 2 rings (SSSR count). The van der Waals surface area contributed by atoms with Crippen molar-refractivity contribution in [3.05, 3.63) is 36.9 Å². The van der Waals surface area contributed by atoms with Crippen molar-refractivity contribution in [1.82, 2.24) is 0 Å². The molecule has 1 atom stereocenters. The summed E-state index contributed by atoms with van der Waals surface area (Å²) >= 11 is 0. The van der Waals surface area contributed by atoms with Gasteiger partial charge in [-0.15, -0.1) is 6.58 Å². The highest BCUT2D eigenvalue weighted by Crippen LogP contribution is 2.36. The second-order valence-corrected chi connectivity index (χ2v) is 3.45. The van der Waals surface area contributed by atoms with E-state index in [0.29, 0.717) is 0 Å². The fourth-order valence-electron chi connectivity index (χ4n) is 1.84. The molecule has 0 spiro atoms. The fourth-order valence-corrected chi connectivity index (χ4v) is 1.84. The minimum Gasteiger partial charge on any atom is -0.340 e. The molecule has 0 saturated carbocycles. The van der Waals surface area contributed by atoms with Gasteiger partial charge < -0.3 is 9.80 Å². The van der Waals surface area contributed by atoms with Gasteiger partial charge in [0, 0.05) is 13.6 Å². The molecule has 1 unspecified atom stereocenters. The van der Waals surface area contributed by atoms with E-state index in [2.05, 4.69) is 28.5 Å². The molecule has 1 aliphatic rings. The quantitative estimate of drug-likeness (QED) is 0.713. The molecule has 1 heterocycles. The minimum atomic E-state index is -0.0783. The van der Waals surface area contributed by atoms with Crippen LogP contribution in [0.1, 0.15) is 0 Å². The lowest BCUT2D eigenvalue weighted by atomic mass is 10.2. The van der Waals surface area contributed by atoms with Crippen molar-refractivity contribution >= 4 is 11.4 Å². The number of hydrogen-bond acceptors (Lipinski definition) is 3. The highest BCUT2D eigenvalue weighted by Gasteiger charge is 2.29. The Labute approximate surface area is 84.4 Å². The number of nitrogens with zero attached hydrogens (tertiary/aromatic N) is 2. The van der Waals surface area contributed by atoms with Gasteiger partial charge in [0.05, 0.1) is 11.4 Å². The van der Waals surface area contributed by atoms with Crippen molar-refractivity contribution in [1.29, 1.82) is 0 Å². The molecule has 0 saturated heterocycles. The van der Waals surface area contributed by atoms with Crippen LogP contribution in [-0.2, 0) is 0 Å². The highest BCUT2D eigenvalue weighted by molar-refractivity contribution is 5.77. The van der Waals surface area contributed by atoms with Crippen molar-refractivity contribution in [2.75, 3.05) is 23.4 Å². The van der Waals surface area contributed by atoms with Crippen molar-refractivity contribution in [3.63, 3.8) is 0 Å². The topological polar surface area (TPSA) is 32.5 Å². The first-order valence-electron chi connectivity index (χ1n) is 4.70. The van der Waals surface area contributed by atoms with Gasteiger partial charge in [-0.1, -0.05) is 18.2 Å². The van der Waals surface area contributed by atoms with Gasteiger partial charge in [0.15, 0.2) is 6.29 Å². The van der Waals surface area contributed by atoms with Crippen molar-refractivity contribution < 1.29 is 0 Å². The maximum atomic E-state index is 6.06. The molecule has 0 aromatic heterocycles. The SMILES string of the molecule is C=CCN1c2ccccc2N(C)C1N. The fraction of sp³-hybridized carbons (Fsp3) is 0.273. The van der Waals surface area contributed by atoms with Crippen molar-refractivity contribution in [2.45, 2.75) is 6.29 Å². The Morgan fingerprint density at radius 1 is 1.43 bits per heavy atom. The molecule has 74 valence electrons. The molecule has 0 fully saturated rings. The first-order chi connectivity index (χ1) is 6.75. The molecule has 0 amide bonds. The van der Waals surface area contributed by atoms with Crippen LogP contribution in [0.25, 0.3) is 0 Å². The highest BCUT2D eigenvalue weighted by atomic mass is 15.5. The van der Waals surface area contributed by atoms with E-state index in [1.54, 1.807) is 0 Å². The summed E-state index contributed by atoms with van der Waals surface area (Å²) in [5.41, 5.74) is 8.43. The van der Waals surface area contributed by atoms with E-state index in [9.17, 15) is 0 Å². The van der Waals surface area contributed by atoms with Gasteiger partial charge in [0.2, 0.25) is 0 Å². The first kappa shape index (κ1) is 9.09. The van der Waals surface area contributed by atoms with Crippen LogP contribution in [0.3, 0.4) is 0 Å². The summed E-state index contributed by atoms with van der Waals surface area (Å²) in [5, 5.41) is 0. The molecule has 1 aromatic rings. The standard InChI is InChI=1S/C11H15N3/c1-3-8-14-10-7-5-4-6-9(10)13(2)11(14)12/h3-7,11H,1,8,12H2,2H3. The van der Waals surface area contributed by atoms with Gasteiger partial charge in [-0.05, 0) is 12.1 Å². The van der Waals surface area contributed by atoms with Crippen LogP contribution >= 0.6 is 0 Å². The Morgan fingerprint density at radius 2 is 2.07 bits per heavy atom. The zero-order valence-electron chi connectivity index (χ0n) is 8.35. The summed E-state index contributed by atoms with van der Waals surface area (Å²) in [5.74, 6) is 0. The van der Waals surface area contributed by atoms with E-state index < -0.39 is 0 Å². The monoisotopic (exact) mass is 189 g/mol. The summed E-state index contributed by atoms with van der Waals surface area (Å²) in [4.78, 5) is 4.20. The molecule has 2 N–H and O–H groups in total. The smallest absolute Gasteiger partial charge is 0.155 e. The average molecular weight is 189 g/mol. The summed E-state index contributed by atoms with van der Waals surface area (Å²) < 4.78 is 0. The number of hydrogen-bond donors (Lipinski definition) is 1. The van der Waals surface area contributed by atoms with Crippen LogP contribution in [0.15, 0.2) is 36.9 Å². The third-order valence-electron chi connectivity index (χ3n) is 2.61. The van der Waals surface area contributed by atoms with E-state index in [1.165, 1.54) is 11.4 Å². The number of fused-ring (bicyclic) bond motifs is 1. The van der Waals surface area contributed by atoms with Crippen LogP contribution in [-0.4, -0.2) is 19.9 Å². The zero-order chi connectivity index (χ0) is 10.1. The molecule has 1 aromatic carbocycles. The summed E-state index contributed by atoms with van der Waals surface area (Å²) in [7, 11) is 2.01. The lowest BCUT2D eigenvalue weighted by Crippen LogP contribution is -2.48. The van der Waals surface area contributed by atoms with Gasteiger partial charge in [0.25, 0.3) is 0 Å². The Kier molecular flexibility index (Phi) is 2.17. The summed E-state index contributed by atoms with van der Waals surface area (Å²) in [6.45, 7) is 4.52. The Bertz CT molecular complexity index is 348. The number of nitrogens with two attached hydrogens (primary N) is 1. The largest absolute Gasteiger partial charge is 0.340 e. The zero-order valence-corrected chi connectivity index (χ0v) is 8.35. The molecule has 14 heavy (non-hydrogen) atoms. The predicted molar refractivity (Wildman–Crippen MR) is 60.4 cm³/mol. The van der Waals surface area contributed by atoms with Gasteiger partial charge in [0.1, 0.15) is 0 Å². The van der Waals surface area contributed by atoms with Gasteiger partial charge >= 0.3 is 0 Å². The van der Waals surface area contributed by atoms with E-state index in [-0.39, 0.29) is 6.29 Å². The third-order valence-corrected chi connectivity index (χ3v) is 2.61. The number of benzene rings is 1. The van der Waals surface area contributed by atoms with E-state index in [1.807, 2.05) is 25.3 Å². The van der Waals surface area contributed by atoms with Crippen molar-refractivity contribution in [2.24, 2.45) is 5.73 Å². The van der Waals surface area contributed by atoms with Crippen LogP contribution < -0.4 is 15.5 Å². The molecule has 0 bridgehead atoms. The van der Waals surface area contributed by atoms with Gasteiger partial charge in [-0.25, -0.2) is 0 Å². The van der Waals surface area contributed by atoms with Crippen molar-refractivity contribution in [3.8, 4) is 0 Å². The van der Waals surface area contributed by atoms with Gasteiger partial charge in [-0.3, -0.25) is 5.73 Å². The normalized spacial score (nSPS) is 19.7. The van der Waals surface area contributed by atoms with E-state index >= 15 is 0 Å². The van der Waals surface area contributed by atoms with Crippen LogP contribution in [0.5, 0.6) is 0 Å². The third kappa shape index (κ3) is 1.17. The molecule has 1 aliphatic heterocycles. The molecule has 0 aliphatic carbocycles. The minimum absolute atomic E-state index is 0.0783. The molecule has 3 heteroatoms. The Hall–Kier alpha value is -1.48. The second-order valence-electron chi connectivity index (χ2n) is 3.45. The second kappa shape index (κ2) is 3.35. The molecular weight excluding hydrogens is 174 g/mol. The summed E-state index contributed by atoms with van der Waals surface area (Å²) in [6.07, 6.45) is 1.79. The maximum Gasteiger partial charge on any atom is 0.155 e. The number of para-hydroxylation sites is 2. The number of rotatable bonds is 2. The molecule has 3 nitrogen and oxygen atoms in total. The first-order valence-corrected chi connectivity index (χ1v) is 4.70. The number of anilines is 2. The molecular formula is C11H15N3. The summed E-state index contributed by atoms with van der Waals surface area (Å²) in [6, 6.07) is 8.22. The lowest BCUT2D eigenvalue weighted by molar-refractivity contribution is 0.658. The average Bonchev–Trinajstić information content (AvgIpc) is 2.45. The van der Waals surface area contributed by atoms with Crippen LogP contribution in [0, 0.1) is 0 Å².